The molecule has 3 nitrogen and oxygen atoms in total. The van der Waals surface area contributed by atoms with Crippen molar-refractivity contribution in [2.75, 3.05) is 5.32 Å². The van der Waals surface area contributed by atoms with Crippen molar-refractivity contribution >= 4 is 56.3 Å². The van der Waals surface area contributed by atoms with Crippen LogP contribution in [0.15, 0.2) is 66.0 Å². The predicted octanol–water partition coefficient (Wildman–Crippen LogP) is 6.31. The number of nitrogens with zero attached hydrogens (tertiary/aromatic N) is 1. The van der Waals surface area contributed by atoms with Crippen molar-refractivity contribution in [3.05, 3.63) is 87.3 Å². The standard InChI is InChI=1S/C20H14Cl2N2OS/c21-14-6-7-16(15(22)10-14)23-20(25)18-11-19-17(8-9-26-19)24(18)12-13-4-2-1-3-5-13/h1-11H,12H2,(H,23,25). The third kappa shape index (κ3) is 3.36. The molecule has 0 radical (unpaired) electrons. The van der Waals surface area contributed by atoms with Crippen LogP contribution < -0.4 is 5.32 Å². The summed E-state index contributed by atoms with van der Waals surface area (Å²) in [5.74, 6) is -0.200. The lowest BCUT2D eigenvalue weighted by Gasteiger charge is -2.12. The highest BCUT2D eigenvalue weighted by Gasteiger charge is 2.18. The highest BCUT2D eigenvalue weighted by molar-refractivity contribution is 7.17. The number of aromatic nitrogens is 1. The fourth-order valence-corrected chi connectivity index (χ4v) is 4.16. The SMILES string of the molecule is O=C(Nc1ccc(Cl)cc1Cl)c1cc2sccc2n1Cc1ccccc1. The van der Waals surface area contributed by atoms with E-state index in [1.807, 2.05) is 40.3 Å². The Morgan fingerprint density at radius 1 is 1.04 bits per heavy atom. The van der Waals surface area contributed by atoms with E-state index in [0.717, 1.165) is 15.8 Å². The van der Waals surface area contributed by atoms with Crippen LogP contribution in [0.4, 0.5) is 5.69 Å². The molecule has 0 spiro atoms. The van der Waals surface area contributed by atoms with Gasteiger partial charge in [0.15, 0.2) is 0 Å². The van der Waals surface area contributed by atoms with Gasteiger partial charge in [0.1, 0.15) is 5.69 Å². The maximum atomic E-state index is 12.9. The summed E-state index contributed by atoms with van der Waals surface area (Å²) in [6.45, 7) is 0.623. The molecular formula is C20H14Cl2N2OS. The van der Waals surface area contributed by atoms with Gasteiger partial charge < -0.3 is 9.88 Å². The van der Waals surface area contributed by atoms with Gasteiger partial charge in [-0.15, -0.1) is 11.3 Å². The molecule has 0 fully saturated rings. The lowest BCUT2D eigenvalue weighted by molar-refractivity contribution is 0.101. The molecule has 0 saturated heterocycles. The molecule has 0 unspecified atom stereocenters. The Hall–Kier alpha value is -2.27. The zero-order valence-corrected chi connectivity index (χ0v) is 15.9. The maximum Gasteiger partial charge on any atom is 0.272 e. The van der Waals surface area contributed by atoms with Crippen LogP contribution in [0.5, 0.6) is 0 Å². The van der Waals surface area contributed by atoms with Gasteiger partial charge in [0, 0.05) is 11.6 Å². The van der Waals surface area contributed by atoms with E-state index in [4.69, 9.17) is 23.2 Å². The number of thiophene rings is 1. The molecule has 0 aliphatic carbocycles. The van der Waals surface area contributed by atoms with E-state index >= 15 is 0 Å². The fourth-order valence-electron chi connectivity index (χ4n) is 2.88. The lowest BCUT2D eigenvalue weighted by Crippen LogP contribution is -2.17. The molecule has 2 aromatic heterocycles. The summed E-state index contributed by atoms with van der Waals surface area (Å²) in [5, 5.41) is 5.86. The molecule has 0 bridgehead atoms. The molecule has 4 rings (SSSR count). The van der Waals surface area contributed by atoms with Gasteiger partial charge in [-0.1, -0.05) is 53.5 Å². The third-order valence-corrected chi connectivity index (χ3v) is 5.52. The zero-order chi connectivity index (χ0) is 18.1. The topological polar surface area (TPSA) is 34.0 Å². The van der Waals surface area contributed by atoms with Crippen molar-refractivity contribution in [2.24, 2.45) is 0 Å². The van der Waals surface area contributed by atoms with Gasteiger partial charge in [-0.05, 0) is 41.3 Å². The summed E-state index contributed by atoms with van der Waals surface area (Å²) in [6, 6.07) is 19.0. The Balaban J connectivity index is 1.70. The Kier molecular flexibility index (Phi) is 4.72. The minimum absolute atomic E-state index is 0.200. The molecule has 130 valence electrons. The van der Waals surface area contributed by atoms with Crippen molar-refractivity contribution in [2.45, 2.75) is 6.54 Å². The number of halogens is 2. The summed E-state index contributed by atoms with van der Waals surface area (Å²) in [7, 11) is 0. The molecule has 4 aromatic rings. The number of hydrogen-bond donors (Lipinski definition) is 1. The summed E-state index contributed by atoms with van der Waals surface area (Å²) in [4.78, 5) is 12.9. The third-order valence-electron chi connectivity index (χ3n) is 4.12. The van der Waals surface area contributed by atoms with Gasteiger partial charge >= 0.3 is 0 Å². The van der Waals surface area contributed by atoms with Gasteiger partial charge in [-0.2, -0.15) is 0 Å². The molecule has 0 atom stereocenters. The first-order valence-electron chi connectivity index (χ1n) is 7.99. The highest BCUT2D eigenvalue weighted by atomic mass is 35.5. The second-order valence-corrected chi connectivity index (χ2v) is 7.64. The van der Waals surface area contributed by atoms with Gasteiger partial charge in [0.2, 0.25) is 0 Å². The van der Waals surface area contributed by atoms with Crippen LogP contribution in [0.1, 0.15) is 16.1 Å². The van der Waals surface area contributed by atoms with E-state index in [9.17, 15) is 4.79 Å². The maximum absolute atomic E-state index is 12.9. The van der Waals surface area contributed by atoms with E-state index in [-0.39, 0.29) is 5.91 Å². The van der Waals surface area contributed by atoms with E-state index in [1.165, 1.54) is 0 Å². The van der Waals surface area contributed by atoms with E-state index < -0.39 is 0 Å². The van der Waals surface area contributed by atoms with Gasteiger partial charge in [-0.25, -0.2) is 0 Å². The largest absolute Gasteiger partial charge is 0.331 e. The Labute approximate surface area is 164 Å². The number of anilines is 1. The quantitative estimate of drug-likeness (QED) is 0.427. The molecule has 2 aromatic carbocycles. The normalized spacial score (nSPS) is 11.0. The number of amides is 1. The van der Waals surface area contributed by atoms with Gasteiger partial charge in [0.05, 0.1) is 20.9 Å². The fraction of sp³-hybridized carbons (Fsp3) is 0.0500. The summed E-state index contributed by atoms with van der Waals surface area (Å²) >= 11 is 13.7. The first-order valence-corrected chi connectivity index (χ1v) is 9.62. The molecule has 6 heteroatoms. The van der Waals surface area contributed by atoms with Crippen molar-refractivity contribution in [1.29, 1.82) is 0 Å². The minimum atomic E-state index is -0.200. The molecule has 0 saturated carbocycles. The number of nitrogens with one attached hydrogen (secondary N) is 1. The Morgan fingerprint density at radius 2 is 1.85 bits per heavy atom. The van der Waals surface area contributed by atoms with Crippen molar-refractivity contribution in [3.63, 3.8) is 0 Å². The van der Waals surface area contributed by atoms with Crippen LogP contribution in [0.2, 0.25) is 10.0 Å². The van der Waals surface area contributed by atoms with Crippen LogP contribution in [-0.4, -0.2) is 10.5 Å². The average Bonchev–Trinajstić information content (AvgIpc) is 3.21. The van der Waals surface area contributed by atoms with Crippen LogP contribution in [0.3, 0.4) is 0 Å². The van der Waals surface area contributed by atoms with E-state index in [0.29, 0.717) is 28.0 Å². The first kappa shape index (κ1) is 17.2. The predicted molar refractivity (Wildman–Crippen MR) is 110 cm³/mol. The van der Waals surface area contributed by atoms with Crippen LogP contribution in [-0.2, 0) is 6.54 Å². The number of carbonyl (C=O) groups excluding carboxylic acids is 1. The van der Waals surface area contributed by atoms with Crippen molar-refractivity contribution < 1.29 is 4.79 Å². The number of fused-ring (bicyclic) bond motifs is 1. The van der Waals surface area contributed by atoms with E-state index in [1.54, 1.807) is 29.5 Å². The zero-order valence-electron chi connectivity index (χ0n) is 13.6. The minimum Gasteiger partial charge on any atom is -0.331 e. The number of carbonyl (C=O) groups is 1. The Bertz CT molecular complexity index is 1090. The molecule has 0 aliphatic heterocycles. The lowest BCUT2D eigenvalue weighted by atomic mass is 10.2. The molecule has 26 heavy (non-hydrogen) atoms. The summed E-state index contributed by atoms with van der Waals surface area (Å²) < 4.78 is 3.11. The molecular weight excluding hydrogens is 387 g/mol. The number of rotatable bonds is 4. The highest BCUT2D eigenvalue weighted by Crippen LogP contribution is 2.29. The summed E-state index contributed by atoms with van der Waals surface area (Å²) in [6.07, 6.45) is 0. The monoisotopic (exact) mass is 400 g/mol. The first-order chi connectivity index (χ1) is 12.6. The van der Waals surface area contributed by atoms with Crippen molar-refractivity contribution in [1.82, 2.24) is 4.57 Å². The van der Waals surface area contributed by atoms with Crippen molar-refractivity contribution in [3.8, 4) is 0 Å². The second kappa shape index (κ2) is 7.16. The summed E-state index contributed by atoms with van der Waals surface area (Å²) in [5.41, 5.74) is 3.32. The Morgan fingerprint density at radius 3 is 2.62 bits per heavy atom. The molecule has 1 N–H and O–H groups in total. The molecule has 2 heterocycles. The van der Waals surface area contributed by atoms with Crippen LogP contribution in [0.25, 0.3) is 10.2 Å². The van der Waals surface area contributed by atoms with E-state index in [2.05, 4.69) is 17.4 Å². The second-order valence-electron chi connectivity index (χ2n) is 5.85. The molecule has 1 amide bonds. The number of benzene rings is 2. The van der Waals surface area contributed by atoms with Crippen LogP contribution in [0, 0.1) is 0 Å². The van der Waals surface area contributed by atoms with Crippen LogP contribution >= 0.6 is 34.5 Å². The smallest absolute Gasteiger partial charge is 0.272 e. The number of hydrogen-bond acceptors (Lipinski definition) is 2. The van der Waals surface area contributed by atoms with Gasteiger partial charge in [-0.3, -0.25) is 4.79 Å². The molecule has 0 aliphatic rings. The average molecular weight is 401 g/mol. The van der Waals surface area contributed by atoms with Gasteiger partial charge in [0.25, 0.3) is 5.91 Å².